The molecule has 2 saturated carbocycles. The van der Waals surface area contributed by atoms with Crippen molar-refractivity contribution in [1.29, 1.82) is 5.26 Å². The molecule has 10 rings (SSSR count). The average Bonchev–Trinajstić information content (AvgIpc) is 4.01. The van der Waals surface area contributed by atoms with E-state index >= 15 is 0 Å². The zero-order chi connectivity index (χ0) is 45.4. The van der Waals surface area contributed by atoms with Gasteiger partial charge in [-0.1, -0.05) is 24.6 Å². The summed E-state index contributed by atoms with van der Waals surface area (Å²) in [6.07, 6.45) is 22.5. The smallest absolute Gasteiger partial charge is 0.231 e. The van der Waals surface area contributed by atoms with Crippen LogP contribution in [-0.2, 0) is 14.4 Å². The molecule has 3 saturated heterocycles. The van der Waals surface area contributed by atoms with Crippen molar-refractivity contribution < 1.29 is 14.4 Å². The largest absolute Gasteiger partial charge is 0.384 e. The molecule has 3 amide bonds. The molecule has 1 atom stereocenters. The minimum absolute atomic E-state index is 0.199. The molecule has 66 heavy (non-hydrogen) atoms. The molecule has 15 nitrogen and oxygen atoms in total. The molecule has 0 radical (unpaired) electrons. The predicted molar refractivity (Wildman–Crippen MR) is 253 cm³/mol. The lowest BCUT2D eigenvalue weighted by molar-refractivity contribution is -0.136. The minimum atomic E-state index is -0.320. The Morgan fingerprint density at radius 2 is 1.70 bits per heavy atom. The third kappa shape index (κ3) is 8.89. The molecular formula is C50H59ClN12O3. The lowest BCUT2D eigenvalue weighted by Gasteiger charge is -2.42. The first-order valence-corrected chi connectivity index (χ1v) is 24.5. The van der Waals surface area contributed by atoms with E-state index in [4.69, 9.17) is 26.7 Å². The van der Waals surface area contributed by atoms with Crippen molar-refractivity contribution >= 4 is 46.3 Å². The number of anilines is 2. The van der Waals surface area contributed by atoms with E-state index in [0.29, 0.717) is 60.2 Å². The van der Waals surface area contributed by atoms with E-state index in [2.05, 4.69) is 66.9 Å². The molecule has 3 N–H and O–H groups in total. The first-order valence-electron chi connectivity index (χ1n) is 24.1. The van der Waals surface area contributed by atoms with Gasteiger partial charge >= 0.3 is 0 Å². The van der Waals surface area contributed by atoms with Gasteiger partial charge in [-0.3, -0.25) is 24.4 Å². The zero-order valence-electron chi connectivity index (χ0n) is 37.7. The molecule has 1 unspecified atom stereocenters. The number of imide groups is 1. The van der Waals surface area contributed by atoms with Gasteiger partial charge in [-0.2, -0.15) is 15.5 Å². The van der Waals surface area contributed by atoms with E-state index in [1.165, 1.54) is 12.0 Å². The van der Waals surface area contributed by atoms with Gasteiger partial charge in [0.25, 0.3) is 0 Å². The van der Waals surface area contributed by atoms with Gasteiger partial charge in [-0.25, -0.2) is 14.5 Å². The van der Waals surface area contributed by atoms with E-state index < -0.39 is 0 Å². The number of fused-ring (bicyclic) bond motifs is 1. The quantitative estimate of drug-likeness (QED) is 0.105. The van der Waals surface area contributed by atoms with Gasteiger partial charge < -0.3 is 20.4 Å². The molecule has 5 fully saturated rings. The number of hydrogen-bond donors (Lipinski definition) is 3. The number of halogens is 1. The van der Waals surface area contributed by atoms with Crippen molar-refractivity contribution in [3.8, 4) is 28.6 Å². The number of nitrogens with one attached hydrogen (secondary N) is 3. The zero-order valence-corrected chi connectivity index (χ0v) is 38.5. The monoisotopic (exact) mass is 910 g/mol. The fraction of sp³-hybridized carbons (Fsp3) is 0.520. The van der Waals surface area contributed by atoms with Crippen LogP contribution in [0.25, 0.3) is 28.0 Å². The molecule has 5 aromatic rings. The molecule has 1 aromatic carbocycles. The van der Waals surface area contributed by atoms with Crippen molar-refractivity contribution in [3.63, 3.8) is 0 Å². The number of carbonyl (C=O) groups excluding carboxylic acids is 3. The van der Waals surface area contributed by atoms with Crippen LogP contribution in [0.3, 0.4) is 0 Å². The summed E-state index contributed by atoms with van der Waals surface area (Å²) in [5.74, 6) is 0.865. The van der Waals surface area contributed by atoms with Crippen molar-refractivity contribution in [2.45, 2.75) is 121 Å². The summed E-state index contributed by atoms with van der Waals surface area (Å²) < 4.78 is 3.85. The number of pyridine rings is 1. The summed E-state index contributed by atoms with van der Waals surface area (Å²) in [5, 5.41) is 29.3. The SMILES string of the molecule is CCC1(C(=O)NC2CCC2)CCN(c2ccc(-c3nc(-c4cnn(C5CCC(N6CCC(c7ccc(NCC8CCC(=O)NC8=O)cc7Cl)CC6)CC5)c4)cn4ncc(C#N)c34)cn2)CC1. The topological polar surface area (TPSA) is 178 Å². The van der Waals surface area contributed by atoms with Crippen molar-refractivity contribution in [3.05, 3.63) is 77.5 Å². The van der Waals surface area contributed by atoms with Crippen LogP contribution in [0.15, 0.2) is 61.3 Å². The Morgan fingerprint density at radius 1 is 0.909 bits per heavy atom. The lowest BCUT2D eigenvalue weighted by atomic mass is 9.74. The van der Waals surface area contributed by atoms with E-state index in [1.807, 2.05) is 36.8 Å². The first-order chi connectivity index (χ1) is 32.2. The second-order valence-electron chi connectivity index (χ2n) is 19.3. The van der Waals surface area contributed by atoms with Gasteiger partial charge in [0.15, 0.2) is 0 Å². The number of hydrogen-bond acceptors (Lipinski definition) is 11. The number of rotatable bonds is 12. The lowest BCUT2D eigenvalue weighted by Crippen LogP contribution is -2.52. The number of likely N-dealkylation sites (tertiary alicyclic amines) is 1. The highest BCUT2D eigenvalue weighted by Gasteiger charge is 2.41. The number of piperidine rings is 3. The Bertz CT molecular complexity index is 2630. The Kier molecular flexibility index (Phi) is 12.5. The second-order valence-corrected chi connectivity index (χ2v) is 19.7. The maximum Gasteiger partial charge on any atom is 0.231 e. The van der Waals surface area contributed by atoms with Crippen LogP contribution in [-0.4, -0.2) is 96.8 Å². The van der Waals surface area contributed by atoms with Crippen molar-refractivity contribution in [1.82, 2.24) is 44.9 Å². The molecule has 4 aromatic heterocycles. The predicted octanol–water partition coefficient (Wildman–Crippen LogP) is 7.67. The Balaban J connectivity index is 0.746. The third-order valence-corrected chi connectivity index (χ3v) is 15.9. The van der Waals surface area contributed by atoms with Crippen LogP contribution in [0.4, 0.5) is 11.5 Å². The summed E-state index contributed by atoms with van der Waals surface area (Å²) in [4.78, 5) is 52.0. The van der Waals surface area contributed by atoms with Crippen LogP contribution in [0.5, 0.6) is 0 Å². The van der Waals surface area contributed by atoms with E-state index in [1.54, 1.807) is 10.7 Å². The third-order valence-electron chi connectivity index (χ3n) is 15.6. The number of carbonyl (C=O) groups is 3. The fourth-order valence-corrected chi connectivity index (χ4v) is 11.4. The Hall–Kier alpha value is -5.85. The Labute approximate surface area is 390 Å². The minimum Gasteiger partial charge on any atom is -0.384 e. The molecule has 16 heteroatoms. The summed E-state index contributed by atoms with van der Waals surface area (Å²) in [7, 11) is 0. The maximum atomic E-state index is 13.3. The highest BCUT2D eigenvalue weighted by atomic mass is 35.5. The van der Waals surface area contributed by atoms with E-state index in [-0.39, 0.29) is 29.1 Å². The number of benzene rings is 1. The summed E-state index contributed by atoms with van der Waals surface area (Å²) in [5.41, 5.74) is 5.92. The molecule has 0 spiro atoms. The molecule has 5 aliphatic rings. The molecule has 0 bridgehead atoms. The molecular weight excluding hydrogens is 852 g/mol. The number of amides is 3. The van der Waals surface area contributed by atoms with Crippen LogP contribution in [0, 0.1) is 22.7 Å². The average molecular weight is 912 g/mol. The Morgan fingerprint density at radius 3 is 2.38 bits per heavy atom. The molecule has 7 heterocycles. The maximum absolute atomic E-state index is 13.3. The van der Waals surface area contributed by atoms with Crippen molar-refractivity contribution in [2.75, 3.05) is 42.9 Å². The molecule has 2 aliphatic carbocycles. The van der Waals surface area contributed by atoms with Gasteiger partial charge in [0, 0.05) is 72.4 Å². The van der Waals surface area contributed by atoms with Crippen LogP contribution in [0.2, 0.25) is 5.02 Å². The highest BCUT2D eigenvalue weighted by Crippen LogP contribution is 2.40. The van der Waals surface area contributed by atoms with Gasteiger partial charge in [0.05, 0.1) is 47.4 Å². The second kappa shape index (κ2) is 18.8. The van der Waals surface area contributed by atoms with Crippen LogP contribution in [0.1, 0.15) is 120 Å². The number of aromatic nitrogens is 6. The van der Waals surface area contributed by atoms with E-state index in [0.717, 1.165) is 130 Å². The summed E-state index contributed by atoms with van der Waals surface area (Å²) >= 11 is 6.84. The highest BCUT2D eigenvalue weighted by molar-refractivity contribution is 6.31. The van der Waals surface area contributed by atoms with Gasteiger partial charge in [-0.15, -0.1) is 0 Å². The summed E-state index contributed by atoms with van der Waals surface area (Å²) in [6, 6.07) is 13.7. The summed E-state index contributed by atoms with van der Waals surface area (Å²) in [6.45, 7) is 6.24. The van der Waals surface area contributed by atoms with Gasteiger partial charge in [0.2, 0.25) is 17.7 Å². The van der Waals surface area contributed by atoms with Crippen LogP contribution < -0.4 is 20.9 Å². The van der Waals surface area contributed by atoms with Crippen molar-refractivity contribution in [2.24, 2.45) is 11.3 Å². The first kappa shape index (κ1) is 44.0. The van der Waals surface area contributed by atoms with Crippen LogP contribution >= 0.6 is 11.6 Å². The molecule has 3 aliphatic heterocycles. The molecule has 344 valence electrons. The fourth-order valence-electron chi connectivity index (χ4n) is 11.0. The van der Waals surface area contributed by atoms with Gasteiger partial charge in [0.1, 0.15) is 23.0 Å². The standard InChI is InChI=1S/C50H59ClN12O3/c1-2-50(49(66)57-37-4-3-5-37)18-22-61(23-19-50)44-14-6-33(26-54-44)46-47-35(25-52)28-56-63(47)31-43(58-46)36-29-55-62(30-36)40-11-9-39(10-12-40)60-20-16-32(17-21-60)41-13-8-38(24-42(41)51)53-27-34-7-15-45(64)59-48(34)65/h6,8,13-14,24,26,28-32,34,37,39-40,53H,2-5,7,9-12,15-23,27H2,1H3,(H,57,66)(H,59,64,65). The normalized spacial score (nSPS) is 23.0. The van der Waals surface area contributed by atoms with E-state index in [9.17, 15) is 19.6 Å². The number of nitriles is 1. The number of nitrogens with zero attached hydrogens (tertiary/aromatic N) is 9. The van der Waals surface area contributed by atoms with Gasteiger partial charge in [-0.05, 0) is 132 Å².